The maximum atomic E-state index is 9.75. The van der Waals surface area contributed by atoms with E-state index in [-0.39, 0.29) is 17.4 Å². The van der Waals surface area contributed by atoms with E-state index < -0.39 is 0 Å². The van der Waals surface area contributed by atoms with E-state index in [1.54, 1.807) is 0 Å². The van der Waals surface area contributed by atoms with Gasteiger partial charge in [0.05, 0.1) is 12.1 Å². The van der Waals surface area contributed by atoms with E-state index in [2.05, 4.69) is 32.5 Å². The quantitative estimate of drug-likeness (QED) is 0.774. The van der Waals surface area contributed by atoms with E-state index in [1.165, 1.54) is 0 Å². The molecule has 0 aromatic carbocycles. The third-order valence-corrected chi connectivity index (χ3v) is 4.02. The third-order valence-electron chi connectivity index (χ3n) is 3.85. The summed E-state index contributed by atoms with van der Waals surface area (Å²) in [7, 11) is 0. The van der Waals surface area contributed by atoms with Crippen LogP contribution in [-0.4, -0.2) is 38.7 Å². The van der Waals surface area contributed by atoms with Gasteiger partial charge in [0, 0.05) is 6.54 Å². The highest BCUT2D eigenvalue weighted by Gasteiger charge is 2.34. The Morgan fingerprint density at radius 1 is 1.25 bits per heavy atom. The zero-order valence-corrected chi connectivity index (χ0v) is 12.7. The summed E-state index contributed by atoms with van der Waals surface area (Å²) < 4.78 is 0. The summed E-state index contributed by atoms with van der Waals surface area (Å²) in [6.07, 6.45) is 3.99. The molecule has 1 aliphatic rings. The van der Waals surface area contributed by atoms with Crippen molar-refractivity contribution in [2.45, 2.75) is 45.1 Å². The van der Waals surface area contributed by atoms with Crippen LogP contribution in [0.5, 0.6) is 0 Å². The largest absolute Gasteiger partial charge is 0.394 e. The second kappa shape index (κ2) is 6.54. The summed E-state index contributed by atoms with van der Waals surface area (Å²) in [5.41, 5.74) is -0.347. The van der Waals surface area contributed by atoms with Gasteiger partial charge in [-0.15, -0.1) is 0 Å². The van der Waals surface area contributed by atoms with E-state index in [0.717, 1.165) is 25.7 Å². The summed E-state index contributed by atoms with van der Waals surface area (Å²) in [5, 5.41) is 16.2. The lowest BCUT2D eigenvalue weighted by atomic mass is 9.77. The number of anilines is 2. The predicted octanol–water partition coefficient (Wildman–Crippen LogP) is 2.31. The van der Waals surface area contributed by atoms with Gasteiger partial charge in [-0.2, -0.15) is 15.0 Å². The Balaban J connectivity index is 2.14. The van der Waals surface area contributed by atoms with Crippen molar-refractivity contribution in [2.24, 2.45) is 5.92 Å². The molecule has 20 heavy (non-hydrogen) atoms. The van der Waals surface area contributed by atoms with Crippen LogP contribution < -0.4 is 10.6 Å². The highest BCUT2D eigenvalue weighted by atomic mass is 35.5. The zero-order valence-electron chi connectivity index (χ0n) is 12.0. The first-order valence-electron chi connectivity index (χ1n) is 7.11. The average molecular weight is 300 g/mol. The topological polar surface area (TPSA) is 83.0 Å². The maximum absolute atomic E-state index is 9.75. The van der Waals surface area contributed by atoms with Crippen molar-refractivity contribution in [2.75, 3.05) is 23.8 Å². The molecule has 1 aromatic rings. The first kappa shape index (κ1) is 15.3. The molecule has 0 saturated heterocycles. The summed E-state index contributed by atoms with van der Waals surface area (Å²) in [4.78, 5) is 12.4. The molecule has 2 rings (SSSR count). The van der Waals surface area contributed by atoms with E-state index >= 15 is 0 Å². The molecule has 1 aliphatic carbocycles. The molecule has 1 saturated carbocycles. The predicted molar refractivity (Wildman–Crippen MR) is 80.1 cm³/mol. The minimum atomic E-state index is -0.347. The number of hydrogen-bond donors (Lipinski definition) is 3. The Morgan fingerprint density at radius 2 is 1.90 bits per heavy atom. The maximum Gasteiger partial charge on any atom is 0.229 e. The van der Waals surface area contributed by atoms with E-state index in [0.29, 0.717) is 24.4 Å². The first-order chi connectivity index (χ1) is 9.57. The van der Waals surface area contributed by atoms with Gasteiger partial charge in [0.1, 0.15) is 0 Å². The first-order valence-corrected chi connectivity index (χ1v) is 7.49. The molecule has 7 heteroatoms. The molecular formula is C13H22ClN5O. The SMILES string of the molecule is CCNc1nc(Cl)nc(NC2(CO)CCC(C)CC2)n1. The molecule has 1 heterocycles. The van der Waals surface area contributed by atoms with E-state index in [4.69, 9.17) is 11.6 Å². The Labute approximate surface area is 124 Å². The molecule has 0 atom stereocenters. The van der Waals surface area contributed by atoms with E-state index in [1.807, 2.05) is 6.92 Å². The fourth-order valence-corrected chi connectivity index (χ4v) is 2.68. The normalized spacial score (nSPS) is 26.3. The molecule has 0 aliphatic heterocycles. The van der Waals surface area contributed by atoms with Gasteiger partial charge in [-0.25, -0.2) is 0 Å². The lowest BCUT2D eigenvalue weighted by molar-refractivity contribution is 0.154. The fraction of sp³-hybridized carbons (Fsp3) is 0.769. The molecular weight excluding hydrogens is 278 g/mol. The monoisotopic (exact) mass is 299 g/mol. The van der Waals surface area contributed by atoms with Crippen LogP contribution in [0.25, 0.3) is 0 Å². The van der Waals surface area contributed by atoms with Crippen molar-refractivity contribution >= 4 is 23.5 Å². The van der Waals surface area contributed by atoms with Crippen molar-refractivity contribution in [3.63, 3.8) is 0 Å². The molecule has 0 spiro atoms. The minimum absolute atomic E-state index is 0.0690. The van der Waals surface area contributed by atoms with Gasteiger partial charge in [0.2, 0.25) is 17.2 Å². The Morgan fingerprint density at radius 3 is 2.50 bits per heavy atom. The number of aliphatic hydroxyl groups excluding tert-OH is 1. The number of halogens is 1. The molecule has 6 nitrogen and oxygen atoms in total. The number of nitrogens with one attached hydrogen (secondary N) is 2. The number of nitrogens with zero attached hydrogens (tertiary/aromatic N) is 3. The summed E-state index contributed by atoms with van der Waals surface area (Å²) in [5.74, 6) is 1.58. The smallest absolute Gasteiger partial charge is 0.229 e. The number of rotatable bonds is 5. The van der Waals surface area contributed by atoms with Crippen molar-refractivity contribution in [3.8, 4) is 0 Å². The van der Waals surface area contributed by atoms with Crippen LogP contribution in [0.1, 0.15) is 39.5 Å². The summed E-state index contributed by atoms with van der Waals surface area (Å²) in [6.45, 7) is 4.98. The van der Waals surface area contributed by atoms with E-state index in [9.17, 15) is 5.11 Å². The van der Waals surface area contributed by atoms with Gasteiger partial charge in [0.25, 0.3) is 0 Å². The second-order valence-corrected chi connectivity index (χ2v) is 5.87. The van der Waals surface area contributed by atoms with Gasteiger partial charge in [-0.1, -0.05) is 6.92 Å². The highest BCUT2D eigenvalue weighted by Crippen LogP contribution is 2.33. The molecule has 0 amide bonds. The van der Waals surface area contributed by atoms with Crippen LogP contribution in [0.3, 0.4) is 0 Å². The van der Waals surface area contributed by atoms with Crippen molar-refractivity contribution in [3.05, 3.63) is 5.28 Å². The van der Waals surface area contributed by atoms with Crippen LogP contribution in [0.2, 0.25) is 5.28 Å². The standard InChI is InChI=1S/C13H22ClN5O/c1-3-15-11-16-10(14)17-12(18-11)19-13(8-20)6-4-9(2)5-7-13/h9,20H,3-8H2,1-2H3,(H2,15,16,17,18,19). The van der Waals surface area contributed by atoms with Gasteiger partial charge >= 0.3 is 0 Å². The highest BCUT2D eigenvalue weighted by molar-refractivity contribution is 6.28. The van der Waals surface area contributed by atoms with Crippen LogP contribution in [-0.2, 0) is 0 Å². The van der Waals surface area contributed by atoms with Crippen molar-refractivity contribution in [1.29, 1.82) is 0 Å². The fourth-order valence-electron chi connectivity index (χ4n) is 2.52. The Bertz CT molecular complexity index is 448. The molecule has 0 bridgehead atoms. The molecule has 112 valence electrons. The molecule has 1 fully saturated rings. The Kier molecular flexibility index (Phi) is 4.99. The minimum Gasteiger partial charge on any atom is -0.394 e. The molecule has 3 N–H and O–H groups in total. The summed E-state index contributed by atoms with van der Waals surface area (Å²) in [6, 6.07) is 0. The van der Waals surface area contributed by atoms with Gasteiger partial charge in [0.15, 0.2) is 0 Å². The summed E-state index contributed by atoms with van der Waals surface area (Å²) >= 11 is 5.91. The Hall–Kier alpha value is -1.14. The van der Waals surface area contributed by atoms with Crippen LogP contribution in [0, 0.1) is 5.92 Å². The van der Waals surface area contributed by atoms with Crippen LogP contribution >= 0.6 is 11.6 Å². The van der Waals surface area contributed by atoms with Crippen LogP contribution in [0.15, 0.2) is 0 Å². The van der Waals surface area contributed by atoms with Crippen molar-refractivity contribution < 1.29 is 5.11 Å². The third kappa shape index (κ3) is 3.70. The second-order valence-electron chi connectivity index (χ2n) is 5.53. The van der Waals surface area contributed by atoms with Crippen molar-refractivity contribution in [1.82, 2.24) is 15.0 Å². The van der Waals surface area contributed by atoms with Gasteiger partial charge < -0.3 is 15.7 Å². The molecule has 0 radical (unpaired) electrons. The lowest BCUT2D eigenvalue weighted by Crippen LogP contribution is -2.45. The van der Waals surface area contributed by atoms with Crippen LogP contribution in [0.4, 0.5) is 11.9 Å². The molecule has 0 unspecified atom stereocenters. The number of aromatic nitrogens is 3. The number of aliphatic hydroxyl groups is 1. The average Bonchev–Trinajstić information content (AvgIpc) is 2.41. The lowest BCUT2D eigenvalue weighted by Gasteiger charge is -2.38. The molecule has 1 aromatic heterocycles. The van der Waals surface area contributed by atoms with Gasteiger partial charge in [-0.05, 0) is 50.1 Å². The zero-order chi connectivity index (χ0) is 14.6. The van der Waals surface area contributed by atoms with Gasteiger partial charge in [-0.3, -0.25) is 0 Å². The number of hydrogen-bond acceptors (Lipinski definition) is 6.